The van der Waals surface area contributed by atoms with Crippen LogP contribution in [0.5, 0.6) is 0 Å². The Bertz CT molecular complexity index is 712. The molecular weight excluding hydrogens is 306 g/mol. The highest BCUT2D eigenvalue weighted by Crippen LogP contribution is 2.26. The molecule has 0 saturated carbocycles. The summed E-state index contributed by atoms with van der Waals surface area (Å²) in [5, 5.41) is 0. The summed E-state index contributed by atoms with van der Waals surface area (Å²) < 4.78 is 0. The summed E-state index contributed by atoms with van der Waals surface area (Å²) in [4.78, 5) is 29.3. The van der Waals surface area contributed by atoms with Crippen LogP contribution in [0.2, 0.25) is 0 Å². The number of thiophene rings is 1. The molecule has 1 amide bonds. The molecule has 1 aromatic carbocycles. The number of piperidine rings is 1. The third-order valence-electron chi connectivity index (χ3n) is 4.48. The Morgan fingerprint density at radius 2 is 1.74 bits per heavy atom. The van der Waals surface area contributed by atoms with Crippen LogP contribution in [-0.2, 0) is 0 Å². The predicted molar refractivity (Wildman–Crippen MR) is 93.2 cm³/mol. The number of hydrogen-bond donors (Lipinski definition) is 0. The highest BCUT2D eigenvalue weighted by atomic mass is 32.1. The Kier molecular flexibility index (Phi) is 4.62. The molecule has 120 valence electrons. The lowest BCUT2D eigenvalue weighted by atomic mass is 9.88. The topological polar surface area (TPSA) is 37.4 Å². The van der Waals surface area contributed by atoms with E-state index in [1.165, 1.54) is 4.88 Å². The van der Waals surface area contributed by atoms with Crippen molar-refractivity contribution in [1.29, 1.82) is 0 Å². The first-order valence-corrected chi connectivity index (χ1v) is 8.83. The molecule has 3 nitrogen and oxygen atoms in total. The van der Waals surface area contributed by atoms with Crippen molar-refractivity contribution < 1.29 is 9.59 Å². The molecule has 3 rings (SSSR count). The molecule has 0 bridgehead atoms. The van der Waals surface area contributed by atoms with Crippen molar-refractivity contribution in [1.82, 2.24) is 4.90 Å². The Hall–Kier alpha value is -1.94. The van der Waals surface area contributed by atoms with Gasteiger partial charge >= 0.3 is 0 Å². The third kappa shape index (κ3) is 3.37. The molecular formula is C19H21NO2S. The van der Waals surface area contributed by atoms with E-state index in [9.17, 15) is 9.59 Å². The van der Waals surface area contributed by atoms with Gasteiger partial charge in [0, 0.05) is 34.3 Å². The molecule has 1 aliphatic heterocycles. The summed E-state index contributed by atoms with van der Waals surface area (Å²) in [5.74, 6) is 0.351. The zero-order valence-corrected chi connectivity index (χ0v) is 14.4. The average molecular weight is 327 g/mol. The zero-order valence-electron chi connectivity index (χ0n) is 13.5. The Morgan fingerprint density at radius 3 is 2.30 bits per heavy atom. The van der Waals surface area contributed by atoms with E-state index in [0.29, 0.717) is 13.1 Å². The SMILES string of the molecule is Cc1cc(C(=O)N2CCC(C(=O)c3ccccc3)CC2)c(C)s1. The minimum absolute atomic E-state index is 0.0340. The van der Waals surface area contributed by atoms with Gasteiger partial charge in [-0.05, 0) is 32.8 Å². The second kappa shape index (κ2) is 6.67. The summed E-state index contributed by atoms with van der Waals surface area (Å²) in [5.41, 5.74) is 1.60. The summed E-state index contributed by atoms with van der Waals surface area (Å²) in [6.45, 7) is 5.35. The molecule has 1 saturated heterocycles. The van der Waals surface area contributed by atoms with Gasteiger partial charge in [-0.1, -0.05) is 30.3 Å². The molecule has 1 aromatic heterocycles. The van der Waals surface area contributed by atoms with Crippen molar-refractivity contribution in [2.24, 2.45) is 5.92 Å². The van der Waals surface area contributed by atoms with Crippen LogP contribution >= 0.6 is 11.3 Å². The van der Waals surface area contributed by atoms with Crippen LogP contribution in [0, 0.1) is 19.8 Å². The van der Waals surface area contributed by atoms with Crippen LogP contribution < -0.4 is 0 Å². The van der Waals surface area contributed by atoms with Crippen LogP contribution in [0.4, 0.5) is 0 Å². The number of hydrogen-bond acceptors (Lipinski definition) is 3. The number of rotatable bonds is 3. The number of likely N-dealkylation sites (tertiary alicyclic amines) is 1. The van der Waals surface area contributed by atoms with E-state index in [-0.39, 0.29) is 17.6 Å². The van der Waals surface area contributed by atoms with Crippen molar-refractivity contribution in [2.45, 2.75) is 26.7 Å². The van der Waals surface area contributed by atoms with Gasteiger partial charge in [-0.3, -0.25) is 9.59 Å². The highest BCUT2D eigenvalue weighted by Gasteiger charge is 2.29. The average Bonchev–Trinajstić information content (AvgIpc) is 2.93. The first-order chi connectivity index (χ1) is 11.1. The van der Waals surface area contributed by atoms with Crippen LogP contribution in [0.1, 0.15) is 43.3 Å². The molecule has 0 atom stereocenters. The molecule has 23 heavy (non-hydrogen) atoms. The van der Waals surface area contributed by atoms with E-state index in [1.54, 1.807) is 11.3 Å². The van der Waals surface area contributed by atoms with Gasteiger partial charge in [0.05, 0.1) is 5.56 Å². The standard InChI is InChI=1S/C19H21NO2S/c1-13-12-17(14(2)23-13)19(22)20-10-8-16(9-11-20)18(21)15-6-4-3-5-7-15/h3-7,12,16H,8-11H2,1-2H3. The lowest BCUT2D eigenvalue weighted by molar-refractivity contribution is 0.0650. The highest BCUT2D eigenvalue weighted by molar-refractivity contribution is 7.12. The van der Waals surface area contributed by atoms with E-state index in [1.807, 2.05) is 55.1 Å². The zero-order chi connectivity index (χ0) is 16.4. The molecule has 0 unspecified atom stereocenters. The minimum Gasteiger partial charge on any atom is -0.339 e. The molecule has 1 fully saturated rings. The van der Waals surface area contributed by atoms with Crippen molar-refractivity contribution in [3.05, 3.63) is 57.3 Å². The molecule has 4 heteroatoms. The fourth-order valence-electron chi connectivity index (χ4n) is 3.20. The van der Waals surface area contributed by atoms with Gasteiger partial charge in [-0.25, -0.2) is 0 Å². The van der Waals surface area contributed by atoms with Crippen molar-refractivity contribution in [3.8, 4) is 0 Å². The van der Waals surface area contributed by atoms with Crippen LogP contribution in [-0.4, -0.2) is 29.7 Å². The monoisotopic (exact) mass is 327 g/mol. The van der Waals surface area contributed by atoms with Crippen molar-refractivity contribution >= 4 is 23.0 Å². The van der Waals surface area contributed by atoms with Gasteiger partial charge in [0.1, 0.15) is 0 Å². The lowest BCUT2D eigenvalue weighted by Gasteiger charge is -2.31. The number of carbonyl (C=O) groups excluding carboxylic acids is 2. The molecule has 2 aromatic rings. The summed E-state index contributed by atoms with van der Waals surface area (Å²) >= 11 is 1.66. The molecule has 2 heterocycles. The van der Waals surface area contributed by atoms with Gasteiger partial charge in [0.2, 0.25) is 0 Å². The maximum absolute atomic E-state index is 12.6. The summed E-state index contributed by atoms with van der Waals surface area (Å²) in [7, 11) is 0. The number of carbonyl (C=O) groups is 2. The van der Waals surface area contributed by atoms with E-state index >= 15 is 0 Å². The minimum atomic E-state index is 0.0340. The normalized spacial score (nSPS) is 15.7. The van der Waals surface area contributed by atoms with Gasteiger partial charge in [-0.15, -0.1) is 11.3 Å². The molecule has 0 spiro atoms. The van der Waals surface area contributed by atoms with Gasteiger partial charge in [0.15, 0.2) is 5.78 Å². The Labute approximate surface area is 140 Å². The van der Waals surface area contributed by atoms with Gasteiger partial charge in [-0.2, -0.15) is 0 Å². The number of nitrogens with zero attached hydrogens (tertiary/aromatic N) is 1. The molecule has 0 aliphatic carbocycles. The first kappa shape index (κ1) is 15.9. The van der Waals surface area contributed by atoms with Gasteiger partial charge in [0.25, 0.3) is 5.91 Å². The lowest BCUT2D eigenvalue weighted by Crippen LogP contribution is -2.40. The Morgan fingerprint density at radius 1 is 1.09 bits per heavy atom. The first-order valence-electron chi connectivity index (χ1n) is 8.02. The maximum atomic E-state index is 12.6. The number of Topliss-reactive ketones (excluding diaryl/α,β-unsaturated/α-hetero) is 1. The molecule has 0 N–H and O–H groups in total. The molecule has 0 radical (unpaired) electrons. The van der Waals surface area contributed by atoms with Crippen LogP contribution in [0.3, 0.4) is 0 Å². The second-order valence-corrected chi connectivity index (χ2v) is 7.58. The van der Waals surface area contributed by atoms with E-state index < -0.39 is 0 Å². The molecule has 1 aliphatic rings. The van der Waals surface area contributed by atoms with E-state index in [0.717, 1.165) is 28.8 Å². The van der Waals surface area contributed by atoms with Crippen molar-refractivity contribution in [2.75, 3.05) is 13.1 Å². The smallest absolute Gasteiger partial charge is 0.254 e. The fraction of sp³-hybridized carbons (Fsp3) is 0.368. The third-order valence-corrected chi connectivity index (χ3v) is 5.45. The number of amides is 1. The quantitative estimate of drug-likeness (QED) is 0.796. The van der Waals surface area contributed by atoms with Crippen LogP contribution in [0.25, 0.3) is 0 Å². The number of aryl methyl sites for hydroxylation is 2. The fourth-order valence-corrected chi connectivity index (χ4v) is 4.11. The van der Waals surface area contributed by atoms with Gasteiger partial charge < -0.3 is 4.90 Å². The maximum Gasteiger partial charge on any atom is 0.254 e. The predicted octanol–water partition coefficient (Wildman–Crippen LogP) is 4.10. The summed E-state index contributed by atoms with van der Waals surface area (Å²) in [6, 6.07) is 11.4. The van der Waals surface area contributed by atoms with E-state index in [2.05, 4.69) is 0 Å². The van der Waals surface area contributed by atoms with E-state index in [4.69, 9.17) is 0 Å². The summed E-state index contributed by atoms with van der Waals surface area (Å²) in [6.07, 6.45) is 1.50. The number of ketones is 1. The Balaban J connectivity index is 1.63. The van der Waals surface area contributed by atoms with Crippen LogP contribution in [0.15, 0.2) is 36.4 Å². The second-order valence-electron chi connectivity index (χ2n) is 6.12. The number of benzene rings is 1. The van der Waals surface area contributed by atoms with Crippen molar-refractivity contribution in [3.63, 3.8) is 0 Å². The largest absolute Gasteiger partial charge is 0.339 e.